The molecular weight excluding hydrogens is 446 g/mol. The number of nitrogens with one attached hydrogen (secondary N) is 1. The summed E-state index contributed by atoms with van der Waals surface area (Å²) >= 11 is 0. The zero-order valence-electron chi connectivity index (χ0n) is 20.1. The van der Waals surface area contributed by atoms with Crippen LogP contribution in [0.3, 0.4) is 0 Å². The fourth-order valence-corrected chi connectivity index (χ4v) is 3.86. The van der Waals surface area contributed by atoms with Crippen LogP contribution in [0.2, 0.25) is 0 Å². The fraction of sp³-hybridized carbons (Fsp3) is 0.308. The predicted molar refractivity (Wildman–Crippen MR) is 132 cm³/mol. The van der Waals surface area contributed by atoms with Gasteiger partial charge in [0, 0.05) is 37.5 Å². The Balaban J connectivity index is 1.39. The van der Waals surface area contributed by atoms with Crippen LogP contribution < -0.4 is 20.3 Å². The molecule has 4 rings (SSSR count). The summed E-state index contributed by atoms with van der Waals surface area (Å²) in [5.41, 5.74) is 1.69. The quantitative estimate of drug-likeness (QED) is 0.378. The van der Waals surface area contributed by atoms with E-state index in [-0.39, 0.29) is 23.0 Å². The van der Waals surface area contributed by atoms with E-state index in [9.17, 15) is 9.59 Å². The second-order valence-corrected chi connectivity index (χ2v) is 8.35. The molecule has 1 atom stereocenters. The van der Waals surface area contributed by atoms with Gasteiger partial charge in [-0.2, -0.15) is 0 Å². The average molecular weight is 476 g/mol. The molecule has 182 valence electrons. The second-order valence-electron chi connectivity index (χ2n) is 8.35. The Morgan fingerprint density at radius 1 is 1.03 bits per heavy atom. The van der Waals surface area contributed by atoms with E-state index >= 15 is 0 Å². The maximum absolute atomic E-state index is 13.0. The van der Waals surface area contributed by atoms with Crippen LogP contribution in [0.5, 0.6) is 11.5 Å². The number of fused-ring (bicyclic) bond motifs is 1. The van der Waals surface area contributed by atoms with Gasteiger partial charge < -0.3 is 14.8 Å². The first-order valence-electron chi connectivity index (χ1n) is 11.6. The largest absolute Gasteiger partial charge is 0.497 e. The van der Waals surface area contributed by atoms with Crippen molar-refractivity contribution in [3.8, 4) is 17.2 Å². The van der Waals surface area contributed by atoms with Crippen LogP contribution in [0.4, 0.5) is 0 Å². The number of methoxy groups -OCH3 is 1. The van der Waals surface area contributed by atoms with Gasteiger partial charge in [-0.05, 0) is 54.8 Å². The minimum absolute atomic E-state index is 0.0202. The number of ether oxygens (including phenoxy) is 2. The molecule has 0 unspecified atom stereocenters. The number of nitrogens with zero attached hydrogens (tertiary/aromatic N) is 4. The minimum atomic E-state index is -0.264. The topological polar surface area (TPSA) is 99.8 Å². The van der Waals surface area contributed by atoms with E-state index in [2.05, 4.69) is 15.5 Å². The Bertz CT molecular complexity index is 1340. The molecule has 35 heavy (non-hydrogen) atoms. The van der Waals surface area contributed by atoms with Crippen molar-refractivity contribution in [2.75, 3.05) is 13.7 Å². The molecule has 9 nitrogen and oxygen atoms in total. The van der Waals surface area contributed by atoms with Crippen LogP contribution in [0.1, 0.15) is 31.7 Å². The van der Waals surface area contributed by atoms with Crippen molar-refractivity contribution in [1.82, 2.24) is 24.5 Å². The lowest BCUT2D eigenvalue weighted by Gasteiger charge is -2.12. The number of benzene rings is 2. The minimum Gasteiger partial charge on any atom is -0.497 e. The van der Waals surface area contributed by atoms with Crippen molar-refractivity contribution in [1.29, 1.82) is 0 Å². The van der Waals surface area contributed by atoms with E-state index < -0.39 is 0 Å². The predicted octanol–water partition coefficient (Wildman–Crippen LogP) is 3.17. The third-order valence-corrected chi connectivity index (χ3v) is 5.68. The molecule has 0 saturated carbocycles. The van der Waals surface area contributed by atoms with Gasteiger partial charge in [-0.25, -0.2) is 0 Å². The van der Waals surface area contributed by atoms with E-state index in [0.717, 1.165) is 17.1 Å². The van der Waals surface area contributed by atoms with Crippen LogP contribution in [0.15, 0.2) is 65.7 Å². The molecule has 0 fully saturated rings. The van der Waals surface area contributed by atoms with E-state index in [1.54, 1.807) is 23.9 Å². The highest BCUT2D eigenvalue weighted by molar-refractivity contribution is 5.76. The molecule has 0 saturated heterocycles. The summed E-state index contributed by atoms with van der Waals surface area (Å²) in [4.78, 5) is 25.4. The van der Waals surface area contributed by atoms with Gasteiger partial charge in [-0.15, -0.1) is 10.2 Å². The molecule has 2 aromatic heterocycles. The second kappa shape index (κ2) is 10.9. The number of rotatable bonds is 10. The van der Waals surface area contributed by atoms with Crippen molar-refractivity contribution in [2.45, 2.75) is 33.2 Å². The summed E-state index contributed by atoms with van der Waals surface area (Å²) in [5.74, 6) is 2.15. The molecule has 9 heteroatoms. The van der Waals surface area contributed by atoms with Gasteiger partial charge >= 0.3 is 5.56 Å². The third-order valence-electron chi connectivity index (χ3n) is 5.68. The Morgan fingerprint density at radius 3 is 2.43 bits per heavy atom. The van der Waals surface area contributed by atoms with Crippen molar-refractivity contribution >= 4 is 11.6 Å². The molecule has 0 radical (unpaired) electrons. The molecule has 1 N–H and O–H groups in total. The summed E-state index contributed by atoms with van der Waals surface area (Å²) in [7, 11) is 1.62. The zero-order valence-corrected chi connectivity index (χ0v) is 20.1. The van der Waals surface area contributed by atoms with Crippen LogP contribution in [0, 0.1) is 5.92 Å². The fourth-order valence-electron chi connectivity index (χ4n) is 3.86. The normalized spacial score (nSPS) is 11.9. The molecule has 0 aliphatic rings. The average Bonchev–Trinajstić information content (AvgIpc) is 3.27. The van der Waals surface area contributed by atoms with Gasteiger partial charge in [0.05, 0.1) is 13.7 Å². The van der Waals surface area contributed by atoms with E-state index in [1.165, 1.54) is 4.57 Å². The Hall–Kier alpha value is -4.14. The van der Waals surface area contributed by atoms with E-state index in [1.807, 2.05) is 62.4 Å². The molecule has 0 spiro atoms. The first-order chi connectivity index (χ1) is 17.0. The Kier molecular flexibility index (Phi) is 7.45. The molecule has 1 amide bonds. The van der Waals surface area contributed by atoms with Crippen molar-refractivity contribution in [2.24, 2.45) is 5.92 Å². The summed E-state index contributed by atoms with van der Waals surface area (Å²) in [6, 6.07) is 14.9. The smallest absolute Gasteiger partial charge is 0.300 e. The Morgan fingerprint density at radius 2 is 1.74 bits per heavy atom. The summed E-state index contributed by atoms with van der Waals surface area (Å²) in [6.07, 6.45) is 4.33. The molecule has 2 heterocycles. The van der Waals surface area contributed by atoms with Crippen LogP contribution in [0.25, 0.3) is 11.3 Å². The third kappa shape index (κ3) is 5.68. The van der Waals surface area contributed by atoms with Crippen molar-refractivity contribution < 1.29 is 14.3 Å². The molecule has 0 aliphatic carbocycles. The molecule has 0 aliphatic heterocycles. The van der Waals surface area contributed by atoms with Crippen LogP contribution >= 0.6 is 0 Å². The zero-order chi connectivity index (χ0) is 24.8. The Labute approximate surface area is 203 Å². The number of hydrogen-bond acceptors (Lipinski definition) is 6. The SMILES string of the molecule is CCOc1ccc(-n2ccn3c(C[C@@H](C)CC(=O)NCc4ccc(OC)cc4)nnc3c2=O)cc1. The van der Waals surface area contributed by atoms with Gasteiger partial charge in [0.1, 0.15) is 17.3 Å². The van der Waals surface area contributed by atoms with E-state index in [4.69, 9.17) is 9.47 Å². The standard InChI is InChI=1S/C26H29N5O4/c1-4-35-22-11-7-20(8-12-22)30-13-14-31-23(28-29-25(31)26(30)33)15-18(2)16-24(32)27-17-19-5-9-21(34-3)10-6-19/h5-14,18H,4,15-17H2,1-3H3,(H,27,32)/t18-/m1/s1. The maximum atomic E-state index is 13.0. The molecule has 0 bridgehead atoms. The van der Waals surface area contributed by atoms with Crippen LogP contribution in [-0.4, -0.2) is 38.8 Å². The molecule has 2 aromatic carbocycles. The lowest BCUT2D eigenvalue weighted by atomic mass is 10.0. The van der Waals surface area contributed by atoms with Gasteiger partial charge in [0.25, 0.3) is 0 Å². The molecular formula is C26H29N5O4. The first-order valence-corrected chi connectivity index (χ1v) is 11.6. The summed E-state index contributed by atoms with van der Waals surface area (Å²) in [5, 5.41) is 11.3. The lowest BCUT2D eigenvalue weighted by molar-refractivity contribution is -0.122. The van der Waals surface area contributed by atoms with Gasteiger partial charge in [0.2, 0.25) is 11.6 Å². The number of carbonyl (C=O) groups is 1. The maximum Gasteiger partial charge on any atom is 0.300 e. The summed E-state index contributed by atoms with van der Waals surface area (Å²) < 4.78 is 13.8. The van der Waals surface area contributed by atoms with Gasteiger partial charge in [0.15, 0.2) is 0 Å². The number of amides is 1. The lowest BCUT2D eigenvalue weighted by Crippen LogP contribution is -2.25. The molecule has 4 aromatic rings. The summed E-state index contributed by atoms with van der Waals surface area (Å²) in [6.45, 7) is 4.94. The van der Waals surface area contributed by atoms with Crippen LogP contribution in [-0.2, 0) is 17.8 Å². The van der Waals surface area contributed by atoms with Gasteiger partial charge in [-0.1, -0.05) is 19.1 Å². The highest BCUT2D eigenvalue weighted by Crippen LogP contribution is 2.16. The first kappa shape index (κ1) is 24.0. The van der Waals surface area contributed by atoms with Gasteiger partial charge in [-0.3, -0.25) is 18.6 Å². The number of hydrogen-bond donors (Lipinski definition) is 1. The number of aromatic nitrogens is 4. The number of carbonyl (C=O) groups excluding carboxylic acids is 1. The monoisotopic (exact) mass is 475 g/mol. The van der Waals surface area contributed by atoms with Crippen molar-refractivity contribution in [3.05, 3.63) is 82.7 Å². The highest BCUT2D eigenvalue weighted by Gasteiger charge is 2.16. The van der Waals surface area contributed by atoms with E-state index in [0.29, 0.717) is 37.5 Å². The highest BCUT2D eigenvalue weighted by atomic mass is 16.5. The van der Waals surface area contributed by atoms with Crippen molar-refractivity contribution in [3.63, 3.8) is 0 Å².